The van der Waals surface area contributed by atoms with Crippen LogP contribution in [-0.2, 0) is 0 Å². The van der Waals surface area contributed by atoms with Crippen LogP contribution in [0.3, 0.4) is 0 Å². The molecule has 4 heteroatoms. The van der Waals surface area contributed by atoms with Gasteiger partial charge in [0.1, 0.15) is 0 Å². The zero-order chi connectivity index (χ0) is 14.3. The van der Waals surface area contributed by atoms with Gasteiger partial charge in [-0.05, 0) is 33.4 Å². The highest BCUT2D eigenvalue weighted by Gasteiger charge is 2.23. The predicted octanol–water partition coefficient (Wildman–Crippen LogP) is 1.15. The molecule has 1 aliphatic heterocycles. The van der Waals surface area contributed by atoms with Crippen molar-refractivity contribution in [3.05, 3.63) is 0 Å². The van der Waals surface area contributed by atoms with Crippen molar-refractivity contribution in [2.75, 3.05) is 46.4 Å². The molecule has 0 aliphatic carbocycles. The molecule has 1 heterocycles. The first-order valence-corrected chi connectivity index (χ1v) is 7.75. The maximum Gasteiger partial charge on any atom is 0.0610 e. The Bertz CT molecular complexity index is 240. The van der Waals surface area contributed by atoms with Crippen molar-refractivity contribution in [2.45, 2.75) is 51.6 Å². The molecule has 1 atom stereocenters. The number of hydrogen-bond donors (Lipinski definition) is 2. The molecule has 1 rings (SSSR count). The molecule has 2 N–H and O–H groups in total. The fourth-order valence-electron chi connectivity index (χ4n) is 2.82. The topological polar surface area (TPSA) is 38.7 Å². The van der Waals surface area contributed by atoms with Gasteiger partial charge in [0.15, 0.2) is 0 Å². The van der Waals surface area contributed by atoms with E-state index in [1.807, 2.05) is 0 Å². The molecular weight excluding hydrogens is 238 g/mol. The third-order valence-electron chi connectivity index (χ3n) is 4.03. The average molecular weight is 271 g/mol. The number of aliphatic hydroxyl groups is 1. The fraction of sp³-hybridized carbons (Fsp3) is 1.00. The zero-order valence-corrected chi connectivity index (χ0v) is 13.3. The Morgan fingerprint density at radius 1 is 1.16 bits per heavy atom. The van der Waals surface area contributed by atoms with Crippen molar-refractivity contribution in [3.63, 3.8) is 0 Å². The second kappa shape index (κ2) is 8.20. The molecule has 1 unspecified atom stereocenters. The summed E-state index contributed by atoms with van der Waals surface area (Å²) in [7, 11) is 2.20. The third-order valence-corrected chi connectivity index (χ3v) is 4.03. The van der Waals surface area contributed by atoms with Crippen LogP contribution in [0.2, 0.25) is 0 Å². The van der Waals surface area contributed by atoms with Gasteiger partial charge < -0.3 is 20.2 Å². The Morgan fingerprint density at radius 3 is 2.32 bits per heavy atom. The van der Waals surface area contributed by atoms with Gasteiger partial charge in [-0.2, -0.15) is 0 Å². The first-order chi connectivity index (χ1) is 8.95. The molecule has 1 aliphatic rings. The first kappa shape index (κ1) is 16.9. The lowest BCUT2D eigenvalue weighted by Gasteiger charge is -2.33. The average Bonchev–Trinajstić information content (AvgIpc) is 2.36. The van der Waals surface area contributed by atoms with E-state index in [1.165, 1.54) is 45.6 Å². The van der Waals surface area contributed by atoms with E-state index in [0.717, 1.165) is 6.42 Å². The second-order valence-corrected chi connectivity index (χ2v) is 6.62. The number of unbranched alkanes of at least 4 members (excludes halogenated alkanes) is 1. The lowest BCUT2D eigenvalue weighted by Crippen LogP contribution is -2.49. The van der Waals surface area contributed by atoms with Crippen LogP contribution in [0.4, 0.5) is 0 Å². The number of nitrogens with zero attached hydrogens (tertiary/aromatic N) is 2. The van der Waals surface area contributed by atoms with E-state index in [-0.39, 0.29) is 12.1 Å². The summed E-state index contributed by atoms with van der Waals surface area (Å²) >= 11 is 0. The summed E-state index contributed by atoms with van der Waals surface area (Å²) in [5.74, 6) is 0. The smallest absolute Gasteiger partial charge is 0.0610 e. The molecular formula is C15H33N3O. The minimum atomic E-state index is -0.115. The molecule has 0 saturated carbocycles. The minimum Gasteiger partial charge on any atom is -0.394 e. The Balaban J connectivity index is 2.15. The van der Waals surface area contributed by atoms with Gasteiger partial charge in [0, 0.05) is 37.8 Å². The molecule has 1 fully saturated rings. The second-order valence-electron chi connectivity index (χ2n) is 6.62. The van der Waals surface area contributed by atoms with Crippen LogP contribution >= 0.6 is 0 Å². The van der Waals surface area contributed by atoms with E-state index in [1.54, 1.807) is 0 Å². The minimum absolute atomic E-state index is 0.115. The summed E-state index contributed by atoms with van der Waals surface area (Å²) in [5.41, 5.74) is -0.115. The molecule has 19 heavy (non-hydrogen) atoms. The summed E-state index contributed by atoms with van der Waals surface area (Å²) < 4.78 is 0. The van der Waals surface area contributed by atoms with Crippen LogP contribution in [0.5, 0.6) is 0 Å². The Labute approximate surface area is 119 Å². The third kappa shape index (κ3) is 6.70. The summed E-state index contributed by atoms with van der Waals surface area (Å²) in [6.07, 6.45) is 3.47. The van der Waals surface area contributed by atoms with Crippen molar-refractivity contribution in [1.29, 1.82) is 0 Å². The Morgan fingerprint density at radius 2 is 1.79 bits per heavy atom. The Hall–Kier alpha value is -0.160. The van der Waals surface area contributed by atoms with E-state index < -0.39 is 0 Å². The molecule has 0 spiro atoms. The molecule has 114 valence electrons. The number of piperazine rings is 1. The maximum atomic E-state index is 9.53. The molecule has 0 aromatic rings. The molecule has 1 saturated heterocycles. The van der Waals surface area contributed by atoms with Gasteiger partial charge in [-0.1, -0.05) is 20.3 Å². The van der Waals surface area contributed by atoms with Crippen LogP contribution < -0.4 is 5.32 Å². The van der Waals surface area contributed by atoms with Crippen LogP contribution in [-0.4, -0.2) is 72.9 Å². The van der Waals surface area contributed by atoms with Gasteiger partial charge in [-0.3, -0.25) is 0 Å². The lowest BCUT2D eigenvalue weighted by atomic mass is 9.94. The number of hydrogen-bond acceptors (Lipinski definition) is 4. The highest BCUT2D eigenvalue weighted by atomic mass is 16.3. The van der Waals surface area contributed by atoms with Gasteiger partial charge in [0.05, 0.1) is 6.61 Å². The number of aliphatic hydroxyl groups excluding tert-OH is 1. The van der Waals surface area contributed by atoms with Crippen LogP contribution in [0, 0.1) is 0 Å². The molecule has 0 aromatic heterocycles. The maximum absolute atomic E-state index is 9.53. The molecule has 0 aromatic carbocycles. The highest BCUT2D eigenvalue weighted by molar-refractivity contribution is 4.83. The largest absolute Gasteiger partial charge is 0.394 e. The lowest BCUT2D eigenvalue weighted by molar-refractivity contribution is 0.139. The normalized spacial score (nSPS) is 21.8. The SMILES string of the molecule is CC(C)NC(C)(CO)CCCCN1CCN(C)CC1. The monoisotopic (exact) mass is 271 g/mol. The predicted molar refractivity (Wildman–Crippen MR) is 81.6 cm³/mol. The van der Waals surface area contributed by atoms with Crippen LogP contribution in [0.25, 0.3) is 0 Å². The van der Waals surface area contributed by atoms with Crippen molar-refractivity contribution in [2.24, 2.45) is 0 Å². The molecule has 0 amide bonds. The summed E-state index contributed by atoms with van der Waals surface area (Å²) in [6.45, 7) is 12.6. The number of likely N-dealkylation sites (N-methyl/N-ethyl adjacent to an activating group) is 1. The molecule has 0 bridgehead atoms. The summed E-state index contributed by atoms with van der Waals surface area (Å²) in [6, 6.07) is 0.426. The van der Waals surface area contributed by atoms with Crippen molar-refractivity contribution in [3.8, 4) is 0 Å². The number of rotatable bonds is 8. The Kier molecular flexibility index (Phi) is 7.29. The van der Waals surface area contributed by atoms with Crippen LogP contribution in [0.1, 0.15) is 40.0 Å². The van der Waals surface area contributed by atoms with Crippen molar-refractivity contribution >= 4 is 0 Å². The van der Waals surface area contributed by atoms with Gasteiger partial charge in [0.2, 0.25) is 0 Å². The number of nitrogens with one attached hydrogen (secondary N) is 1. The van der Waals surface area contributed by atoms with E-state index >= 15 is 0 Å². The van der Waals surface area contributed by atoms with Crippen molar-refractivity contribution in [1.82, 2.24) is 15.1 Å². The van der Waals surface area contributed by atoms with Crippen molar-refractivity contribution < 1.29 is 5.11 Å². The van der Waals surface area contributed by atoms with Crippen LogP contribution in [0.15, 0.2) is 0 Å². The van der Waals surface area contributed by atoms with E-state index in [4.69, 9.17) is 0 Å². The quantitative estimate of drug-likeness (QED) is 0.650. The molecule has 4 nitrogen and oxygen atoms in total. The summed E-state index contributed by atoms with van der Waals surface area (Å²) in [5, 5.41) is 13.0. The van der Waals surface area contributed by atoms with E-state index in [0.29, 0.717) is 6.04 Å². The zero-order valence-electron chi connectivity index (χ0n) is 13.3. The molecule has 0 radical (unpaired) electrons. The van der Waals surface area contributed by atoms with E-state index in [9.17, 15) is 5.11 Å². The van der Waals surface area contributed by atoms with Gasteiger partial charge >= 0.3 is 0 Å². The summed E-state index contributed by atoms with van der Waals surface area (Å²) in [4.78, 5) is 4.96. The van der Waals surface area contributed by atoms with E-state index in [2.05, 4.69) is 42.9 Å². The van der Waals surface area contributed by atoms with Gasteiger partial charge in [-0.15, -0.1) is 0 Å². The van der Waals surface area contributed by atoms with Gasteiger partial charge in [-0.25, -0.2) is 0 Å². The van der Waals surface area contributed by atoms with Gasteiger partial charge in [0.25, 0.3) is 0 Å². The highest BCUT2D eigenvalue weighted by Crippen LogP contribution is 2.15. The first-order valence-electron chi connectivity index (χ1n) is 7.75. The standard InChI is InChI=1S/C15H33N3O/c1-14(2)16-15(3,13-19)7-5-6-8-18-11-9-17(4)10-12-18/h14,16,19H,5-13H2,1-4H3. The fourth-order valence-corrected chi connectivity index (χ4v) is 2.82.